The number of fused-ring (bicyclic) bond motifs is 17. The van der Waals surface area contributed by atoms with E-state index in [1.165, 1.54) is 10.8 Å². The molecule has 12 aromatic rings. The molecule has 4 aromatic heterocycles. The maximum atomic E-state index is 10.1. The number of nitrogens with zero attached hydrogens (tertiary/aromatic N) is 7. The zero-order chi connectivity index (χ0) is 46.2. The zero-order valence-electron chi connectivity index (χ0n) is 37.0. The third-order valence-electron chi connectivity index (χ3n) is 14.5. The minimum Gasteiger partial charge on any atom is -0.457 e. The molecule has 3 aliphatic rings. The average molecular weight is 912 g/mol. The highest BCUT2D eigenvalue weighted by Gasteiger charge is 2.54. The van der Waals surface area contributed by atoms with E-state index in [-0.39, 0.29) is 0 Å². The van der Waals surface area contributed by atoms with Crippen LogP contribution in [-0.2, 0) is 5.41 Å². The minimum absolute atomic E-state index is 0.541. The van der Waals surface area contributed by atoms with Gasteiger partial charge < -0.3 is 18.8 Å². The summed E-state index contributed by atoms with van der Waals surface area (Å²) in [7, 11) is 0. The molecule has 0 radical (unpaired) electrons. The molecule has 1 aliphatic carbocycles. The van der Waals surface area contributed by atoms with Gasteiger partial charge in [-0.05, 0) is 109 Å². The fourth-order valence-electron chi connectivity index (χ4n) is 11.7. The van der Waals surface area contributed by atoms with Crippen LogP contribution in [0.5, 0.6) is 11.5 Å². The maximum absolute atomic E-state index is 10.1. The van der Waals surface area contributed by atoms with Crippen molar-refractivity contribution in [1.82, 2.24) is 19.1 Å². The molecule has 8 nitrogen and oxygen atoms in total. The number of pyridine rings is 2. The van der Waals surface area contributed by atoms with E-state index in [0.29, 0.717) is 16.9 Å². The molecule has 0 saturated carbocycles. The van der Waals surface area contributed by atoms with Gasteiger partial charge in [0.2, 0.25) is 0 Å². The van der Waals surface area contributed by atoms with Crippen molar-refractivity contribution < 1.29 is 4.74 Å². The number of hydrogen-bond donors (Lipinski definition) is 0. The maximum Gasteiger partial charge on any atom is 0.134 e. The van der Waals surface area contributed by atoms with Gasteiger partial charge in [0.15, 0.2) is 0 Å². The Labute approximate surface area is 405 Å². The number of aromatic nitrogens is 4. The SMILES string of the molecule is N#Cc1ccc2c(c1)c1cc(C#N)ccc1n2-c1cccc2c1C1(c3ccc(-n4c5ccccc5c5ccccc54)cc3O2)c2cccnc2-c2ncc(N3c4ccccc4Sc4ccccc43)cc21. The molecule has 2 aliphatic heterocycles. The Balaban J connectivity index is 1.07. The van der Waals surface area contributed by atoms with Crippen molar-refractivity contribution in [1.29, 1.82) is 10.5 Å². The molecule has 70 heavy (non-hydrogen) atoms. The summed E-state index contributed by atoms with van der Waals surface area (Å²) in [5.74, 6) is 1.42. The van der Waals surface area contributed by atoms with Crippen LogP contribution in [0, 0.1) is 22.7 Å². The third-order valence-corrected chi connectivity index (χ3v) is 15.6. The number of para-hydroxylation sites is 4. The van der Waals surface area contributed by atoms with Crippen LogP contribution in [0.4, 0.5) is 17.1 Å². The topological polar surface area (TPSA) is 95.7 Å². The molecule has 1 spiro atoms. The molecule has 0 N–H and O–H groups in total. The zero-order valence-corrected chi connectivity index (χ0v) is 37.8. The van der Waals surface area contributed by atoms with E-state index in [1.807, 2.05) is 54.9 Å². The molecule has 324 valence electrons. The number of rotatable bonds is 3. The molecular formula is C61H33N7OS. The molecule has 0 saturated heterocycles. The van der Waals surface area contributed by atoms with E-state index in [1.54, 1.807) is 11.8 Å². The second kappa shape index (κ2) is 14.3. The Hall–Kier alpha value is -9.41. The van der Waals surface area contributed by atoms with E-state index in [0.717, 1.165) is 110 Å². The van der Waals surface area contributed by atoms with Crippen molar-refractivity contribution in [2.45, 2.75) is 15.2 Å². The van der Waals surface area contributed by atoms with Crippen LogP contribution in [0.25, 0.3) is 66.4 Å². The summed E-state index contributed by atoms with van der Waals surface area (Å²) in [6.07, 6.45) is 3.85. The summed E-state index contributed by atoms with van der Waals surface area (Å²) in [4.78, 5) is 15.3. The van der Waals surface area contributed by atoms with Gasteiger partial charge in [0, 0.05) is 66.0 Å². The molecule has 0 fully saturated rings. The summed E-state index contributed by atoms with van der Waals surface area (Å²) < 4.78 is 12.0. The Kier molecular flexibility index (Phi) is 7.90. The molecule has 1 unspecified atom stereocenters. The normalized spacial score (nSPS) is 14.9. The number of hydrogen-bond acceptors (Lipinski definition) is 7. The van der Waals surface area contributed by atoms with E-state index in [9.17, 15) is 10.5 Å². The molecule has 6 heterocycles. The van der Waals surface area contributed by atoms with Gasteiger partial charge in [0.05, 0.1) is 91.1 Å². The van der Waals surface area contributed by atoms with Crippen molar-refractivity contribution in [3.05, 3.63) is 234 Å². The van der Waals surface area contributed by atoms with Crippen molar-refractivity contribution >= 4 is 72.4 Å². The van der Waals surface area contributed by atoms with Gasteiger partial charge >= 0.3 is 0 Å². The van der Waals surface area contributed by atoms with Gasteiger partial charge in [-0.15, -0.1) is 0 Å². The molecule has 0 amide bonds. The second-order valence-electron chi connectivity index (χ2n) is 17.9. The molecule has 1 atom stereocenters. The van der Waals surface area contributed by atoms with Crippen LogP contribution in [0.15, 0.2) is 210 Å². The summed E-state index contributed by atoms with van der Waals surface area (Å²) in [5, 5.41) is 24.4. The second-order valence-corrected chi connectivity index (χ2v) is 19.0. The van der Waals surface area contributed by atoms with Gasteiger partial charge in [-0.1, -0.05) is 90.6 Å². The standard InChI is InChI=1S/C61H33N7OS/c62-33-36-22-26-49-42(29-36)43-30-37(34-63)23-27-50(43)68(49)53-18-9-19-54-58(53)61(44-25-24-38(32-55(44)69-54)66-47-14-3-1-11-40(47)41-12-2-4-15-48(41)66)45-13-10-28-64-59(45)60-46(61)31-39(35-65-60)67-51-16-5-7-20-56(51)70-57-21-8-6-17-52(57)67/h1-32,35H. The van der Waals surface area contributed by atoms with E-state index < -0.39 is 5.41 Å². The third kappa shape index (κ3) is 5.08. The van der Waals surface area contributed by atoms with Crippen LogP contribution in [-0.4, -0.2) is 19.1 Å². The number of ether oxygens (including phenoxy) is 1. The monoisotopic (exact) mass is 911 g/mol. The van der Waals surface area contributed by atoms with E-state index in [2.05, 4.69) is 172 Å². The first kappa shape index (κ1) is 38.7. The van der Waals surface area contributed by atoms with E-state index in [4.69, 9.17) is 14.7 Å². The van der Waals surface area contributed by atoms with Gasteiger partial charge in [-0.3, -0.25) is 9.97 Å². The summed E-state index contributed by atoms with van der Waals surface area (Å²) >= 11 is 1.78. The van der Waals surface area contributed by atoms with Crippen molar-refractivity contribution in [2.24, 2.45) is 0 Å². The lowest BCUT2D eigenvalue weighted by Crippen LogP contribution is -2.34. The highest BCUT2D eigenvalue weighted by molar-refractivity contribution is 7.99. The first-order valence-corrected chi connectivity index (χ1v) is 23.9. The van der Waals surface area contributed by atoms with Gasteiger partial charge in [0.1, 0.15) is 11.5 Å². The lowest BCUT2D eigenvalue weighted by Gasteiger charge is -2.41. The van der Waals surface area contributed by atoms with Crippen LogP contribution in [0.2, 0.25) is 0 Å². The number of anilines is 3. The fraction of sp³-hybridized carbons (Fsp3) is 0.0164. The quantitative estimate of drug-likeness (QED) is 0.174. The highest BCUT2D eigenvalue weighted by Crippen LogP contribution is 2.64. The predicted molar refractivity (Wildman–Crippen MR) is 276 cm³/mol. The lowest BCUT2D eigenvalue weighted by atomic mass is 9.65. The fourth-order valence-corrected chi connectivity index (χ4v) is 12.8. The number of benzene rings is 8. The van der Waals surface area contributed by atoms with Crippen LogP contribution >= 0.6 is 11.8 Å². The largest absolute Gasteiger partial charge is 0.457 e. The van der Waals surface area contributed by atoms with Gasteiger partial charge in [-0.25, -0.2) is 0 Å². The first-order valence-electron chi connectivity index (χ1n) is 23.1. The Morgan fingerprint density at radius 2 is 1.07 bits per heavy atom. The Morgan fingerprint density at radius 1 is 0.457 bits per heavy atom. The Morgan fingerprint density at radius 3 is 1.76 bits per heavy atom. The summed E-state index contributed by atoms with van der Waals surface area (Å²) in [6, 6.07) is 70.1. The van der Waals surface area contributed by atoms with Crippen LogP contribution in [0.1, 0.15) is 33.4 Å². The van der Waals surface area contributed by atoms with E-state index >= 15 is 0 Å². The smallest absolute Gasteiger partial charge is 0.134 e. The van der Waals surface area contributed by atoms with Gasteiger partial charge in [-0.2, -0.15) is 10.5 Å². The molecule has 9 heteroatoms. The lowest BCUT2D eigenvalue weighted by molar-refractivity contribution is 0.435. The van der Waals surface area contributed by atoms with Crippen LogP contribution in [0.3, 0.4) is 0 Å². The van der Waals surface area contributed by atoms with Gasteiger partial charge in [0.25, 0.3) is 0 Å². The van der Waals surface area contributed by atoms with Crippen molar-refractivity contribution in [3.8, 4) is 46.4 Å². The summed E-state index contributed by atoms with van der Waals surface area (Å²) in [6.45, 7) is 0. The predicted octanol–water partition coefficient (Wildman–Crippen LogP) is 14.8. The first-order chi connectivity index (χ1) is 34.6. The van der Waals surface area contributed by atoms with Crippen molar-refractivity contribution in [3.63, 3.8) is 0 Å². The van der Waals surface area contributed by atoms with Crippen molar-refractivity contribution in [2.75, 3.05) is 4.90 Å². The molecule has 0 bridgehead atoms. The highest BCUT2D eigenvalue weighted by atomic mass is 32.2. The van der Waals surface area contributed by atoms with Crippen LogP contribution < -0.4 is 9.64 Å². The molecule has 15 rings (SSSR count). The number of nitriles is 2. The Bertz CT molecular complexity index is 4210. The minimum atomic E-state index is -1.02. The average Bonchev–Trinajstić information content (AvgIpc) is 4.04. The molecular weight excluding hydrogens is 879 g/mol. The molecule has 8 aromatic carbocycles. The summed E-state index contributed by atoms with van der Waals surface area (Å²) in [5.41, 5.74) is 14.5.